The van der Waals surface area contributed by atoms with E-state index in [4.69, 9.17) is 0 Å². The Labute approximate surface area is 175 Å². The highest BCUT2D eigenvalue weighted by atomic mass is 16.6. The Morgan fingerprint density at radius 3 is 2.74 bits per heavy atom. The quantitative estimate of drug-likeness (QED) is 0.292. The number of aromatic nitrogens is 2. The van der Waals surface area contributed by atoms with E-state index < -0.39 is 22.3 Å². The van der Waals surface area contributed by atoms with Gasteiger partial charge in [0.1, 0.15) is 0 Å². The number of nitro groups is 1. The number of phenols is 1. The number of nitrogens with zero attached hydrogens (tertiary/aromatic N) is 4. The normalized spacial score (nSPS) is 11.0. The first-order valence-corrected chi connectivity index (χ1v) is 9.14. The number of aromatic hydroxyl groups is 1. The third-order valence-electron chi connectivity index (χ3n) is 4.49. The molecule has 1 amide bonds. The van der Waals surface area contributed by atoms with Crippen LogP contribution in [0.15, 0.2) is 78.2 Å². The molecular weight excluding hydrogens is 398 g/mol. The molecule has 2 aromatic carbocycles. The minimum atomic E-state index is -0.700. The van der Waals surface area contributed by atoms with Gasteiger partial charge in [0.15, 0.2) is 5.75 Å². The summed E-state index contributed by atoms with van der Waals surface area (Å²) in [4.78, 5) is 31.8. The van der Waals surface area contributed by atoms with Gasteiger partial charge in [0, 0.05) is 35.0 Å². The number of pyridine rings is 2. The van der Waals surface area contributed by atoms with E-state index in [2.05, 4.69) is 20.5 Å². The van der Waals surface area contributed by atoms with Gasteiger partial charge in [-0.15, -0.1) is 0 Å². The van der Waals surface area contributed by atoms with Crippen molar-refractivity contribution in [3.8, 4) is 17.0 Å². The Hall–Kier alpha value is -4.66. The molecule has 2 aromatic heterocycles. The van der Waals surface area contributed by atoms with E-state index in [1.54, 1.807) is 30.6 Å². The van der Waals surface area contributed by atoms with Gasteiger partial charge in [-0.1, -0.05) is 18.2 Å². The summed E-state index contributed by atoms with van der Waals surface area (Å²) < 4.78 is 0. The monoisotopic (exact) mass is 413 g/mol. The Balaban J connectivity index is 1.64. The van der Waals surface area contributed by atoms with Crippen molar-refractivity contribution in [3.05, 3.63) is 94.3 Å². The highest BCUT2D eigenvalue weighted by molar-refractivity contribution is 6.07. The van der Waals surface area contributed by atoms with E-state index >= 15 is 0 Å². The summed E-state index contributed by atoms with van der Waals surface area (Å²) in [6, 6.07) is 16.3. The highest BCUT2D eigenvalue weighted by Gasteiger charge is 2.15. The summed E-state index contributed by atoms with van der Waals surface area (Å²) in [6.07, 6.45) is 4.57. The lowest BCUT2D eigenvalue weighted by Crippen LogP contribution is -2.18. The van der Waals surface area contributed by atoms with Crippen LogP contribution in [0, 0.1) is 10.1 Å². The number of hydrazone groups is 1. The van der Waals surface area contributed by atoms with Gasteiger partial charge < -0.3 is 5.11 Å². The van der Waals surface area contributed by atoms with Gasteiger partial charge in [-0.3, -0.25) is 19.9 Å². The second-order valence-corrected chi connectivity index (χ2v) is 6.52. The van der Waals surface area contributed by atoms with Gasteiger partial charge in [-0.05, 0) is 36.4 Å². The van der Waals surface area contributed by atoms with Crippen LogP contribution in [0.4, 0.5) is 5.69 Å². The van der Waals surface area contributed by atoms with Crippen molar-refractivity contribution in [1.29, 1.82) is 0 Å². The molecule has 4 aromatic rings. The van der Waals surface area contributed by atoms with Crippen molar-refractivity contribution < 1.29 is 14.8 Å². The fraction of sp³-hybridized carbons (Fsp3) is 0. The fourth-order valence-corrected chi connectivity index (χ4v) is 3.02. The van der Waals surface area contributed by atoms with Gasteiger partial charge in [0.2, 0.25) is 0 Å². The second-order valence-electron chi connectivity index (χ2n) is 6.52. The summed E-state index contributed by atoms with van der Waals surface area (Å²) in [5, 5.41) is 25.0. The molecule has 31 heavy (non-hydrogen) atoms. The van der Waals surface area contributed by atoms with E-state index in [0.29, 0.717) is 27.7 Å². The van der Waals surface area contributed by atoms with Gasteiger partial charge in [0.05, 0.1) is 27.9 Å². The second kappa shape index (κ2) is 8.37. The molecule has 9 nitrogen and oxygen atoms in total. The van der Waals surface area contributed by atoms with Gasteiger partial charge in [-0.25, -0.2) is 10.4 Å². The van der Waals surface area contributed by atoms with Crippen LogP contribution >= 0.6 is 0 Å². The minimum Gasteiger partial charge on any atom is -0.502 e. The van der Waals surface area contributed by atoms with E-state index in [1.165, 1.54) is 18.3 Å². The fourth-order valence-electron chi connectivity index (χ4n) is 3.02. The molecule has 9 heteroatoms. The number of para-hydroxylation sites is 1. The lowest BCUT2D eigenvalue weighted by molar-refractivity contribution is -0.385. The number of benzene rings is 2. The molecule has 0 bridgehead atoms. The Kier molecular flexibility index (Phi) is 5.31. The lowest BCUT2D eigenvalue weighted by atomic mass is 10.0. The van der Waals surface area contributed by atoms with Crippen molar-refractivity contribution in [2.45, 2.75) is 0 Å². The molecule has 0 spiro atoms. The number of hydrogen-bond donors (Lipinski definition) is 2. The standard InChI is InChI=1S/C22H15N5O4/c28-21-8-7-14(10-20(21)27(30)31)12-24-26-22(29)17-11-19(15-4-3-9-23-13-15)25-18-6-2-1-5-16(17)18/h1-13,28H,(H,26,29)/b24-12-. The minimum absolute atomic E-state index is 0.348. The number of amides is 1. The van der Waals surface area contributed by atoms with Crippen LogP contribution in [0.3, 0.4) is 0 Å². The number of rotatable bonds is 5. The topological polar surface area (TPSA) is 131 Å². The number of phenolic OH excluding ortho intramolecular Hbond substituents is 1. The Morgan fingerprint density at radius 1 is 1.13 bits per heavy atom. The molecule has 0 saturated carbocycles. The number of fused-ring (bicyclic) bond motifs is 1. The molecule has 0 aliphatic carbocycles. The van der Waals surface area contributed by atoms with Crippen molar-refractivity contribution in [2.75, 3.05) is 0 Å². The van der Waals surface area contributed by atoms with Crippen LogP contribution in [-0.2, 0) is 0 Å². The zero-order chi connectivity index (χ0) is 21.8. The number of nitrogens with one attached hydrogen (secondary N) is 1. The third kappa shape index (κ3) is 4.20. The largest absolute Gasteiger partial charge is 0.502 e. The van der Waals surface area contributed by atoms with E-state index in [-0.39, 0.29) is 0 Å². The van der Waals surface area contributed by atoms with Crippen LogP contribution < -0.4 is 5.43 Å². The molecule has 0 radical (unpaired) electrons. The number of nitro benzene ring substituents is 1. The number of carbonyl (C=O) groups excluding carboxylic acids is 1. The average molecular weight is 413 g/mol. The summed E-state index contributed by atoms with van der Waals surface area (Å²) in [5.41, 5.74) is 4.71. The third-order valence-corrected chi connectivity index (χ3v) is 4.49. The first kappa shape index (κ1) is 19.6. The highest BCUT2D eigenvalue weighted by Crippen LogP contribution is 2.26. The predicted molar refractivity (Wildman–Crippen MR) is 115 cm³/mol. The first-order valence-electron chi connectivity index (χ1n) is 9.14. The summed E-state index contributed by atoms with van der Waals surface area (Å²) in [6.45, 7) is 0. The smallest absolute Gasteiger partial charge is 0.311 e. The molecule has 4 rings (SSSR count). The van der Waals surface area contributed by atoms with E-state index in [9.17, 15) is 20.0 Å². The van der Waals surface area contributed by atoms with Crippen molar-refractivity contribution in [2.24, 2.45) is 5.10 Å². The van der Waals surface area contributed by atoms with Crippen LogP contribution in [0.1, 0.15) is 15.9 Å². The van der Waals surface area contributed by atoms with Gasteiger partial charge >= 0.3 is 5.69 Å². The average Bonchev–Trinajstić information content (AvgIpc) is 2.79. The summed E-state index contributed by atoms with van der Waals surface area (Å²) >= 11 is 0. The number of carbonyl (C=O) groups is 1. The van der Waals surface area contributed by atoms with Crippen LogP contribution in [-0.4, -0.2) is 32.1 Å². The zero-order valence-corrected chi connectivity index (χ0v) is 16.0. The van der Waals surface area contributed by atoms with Crippen LogP contribution in [0.5, 0.6) is 5.75 Å². The molecule has 0 aliphatic heterocycles. The molecule has 0 atom stereocenters. The molecule has 2 N–H and O–H groups in total. The maximum Gasteiger partial charge on any atom is 0.311 e. The summed E-state index contributed by atoms with van der Waals surface area (Å²) in [5.74, 6) is -0.911. The van der Waals surface area contributed by atoms with Crippen LogP contribution in [0.25, 0.3) is 22.2 Å². The van der Waals surface area contributed by atoms with E-state index in [1.807, 2.05) is 24.3 Å². The van der Waals surface area contributed by atoms with Crippen molar-refractivity contribution in [1.82, 2.24) is 15.4 Å². The molecule has 0 unspecified atom stereocenters. The molecular formula is C22H15N5O4. The molecule has 152 valence electrons. The van der Waals surface area contributed by atoms with E-state index in [0.717, 1.165) is 11.6 Å². The molecule has 0 saturated heterocycles. The number of hydrogen-bond acceptors (Lipinski definition) is 7. The van der Waals surface area contributed by atoms with Gasteiger partial charge in [0.25, 0.3) is 5.91 Å². The molecule has 0 aliphatic rings. The van der Waals surface area contributed by atoms with Gasteiger partial charge in [-0.2, -0.15) is 5.10 Å². The maximum atomic E-state index is 12.8. The zero-order valence-electron chi connectivity index (χ0n) is 16.0. The lowest BCUT2D eigenvalue weighted by Gasteiger charge is -2.08. The van der Waals surface area contributed by atoms with Crippen molar-refractivity contribution in [3.63, 3.8) is 0 Å². The first-order chi connectivity index (χ1) is 15.0. The SMILES string of the molecule is O=C(N/N=C\c1ccc(O)c([N+](=O)[O-])c1)c1cc(-c2cccnc2)nc2ccccc12. The molecule has 2 heterocycles. The Bertz CT molecular complexity index is 1320. The maximum absolute atomic E-state index is 12.8. The predicted octanol–water partition coefficient (Wildman–Crippen LogP) is 3.67. The molecule has 0 fully saturated rings. The summed E-state index contributed by atoms with van der Waals surface area (Å²) in [7, 11) is 0. The van der Waals surface area contributed by atoms with Crippen LogP contribution in [0.2, 0.25) is 0 Å². The Morgan fingerprint density at radius 2 is 1.97 bits per heavy atom. The van der Waals surface area contributed by atoms with Crippen molar-refractivity contribution >= 4 is 28.7 Å².